The van der Waals surface area contributed by atoms with Gasteiger partial charge in [0.2, 0.25) is 0 Å². The van der Waals surface area contributed by atoms with E-state index in [9.17, 15) is 0 Å². The second-order valence-electron chi connectivity index (χ2n) is 10.6. The lowest BCUT2D eigenvalue weighted by Gasteiger charge is -2.28. The van der Waals surface area contributed by atoms with E-state index in [1.807, 2.05) is 41.5 Å². The van der Waals surface area contributed by atoms with Crippen molar-refractivity contribution >= 4 is 39.2 Å². The predicted octanol–water partition coefficient (Wildman–Crippen LogP) is 7.05. The van der Waals surface area contributed by atoms with E-state index in [0.29, 0.717) is 39.6 Å². The minimum absolute atomic E-state index is 0.606. The van der Waals surface area contributed by atoms with Gasteiger partial charge in [0.1, 0.15) is 0 Å². The van der Waals surface area contributed by atoms with Gasteiger partial charge in [-0.1, -0.05) is 48.5 Å². The molecule has 0 heterocycles. The first kappa shape index (κ1) is 36.8. The van der Waals surface area contributed by atoms with Crippen LogP contribution in [-0.2, 0) is 39.6 Å². The van der Waals surface area contributed by atoms with Crippen molar-refractivity contribution in [3.63, 3.8) is 0 Å². The van der Waals surface area contributed by atoms with Gasteiger partial charge in [-0.05, 0) is 100 Å². The molecule has 246 valence electrons. The Morgan fingerprint density at radius 3 is 0.977 bits per heavy atom. The molecule has 0 aliphatic carbocycles. The normalized spacial score (nSPS) is 12.5. The van der Waals surface area contributed by atoms with Crippen LogP contribution in [0.3, 0.4) is 0 Å². The molecule has 0 amide bonds. The van der Waals surface area contributed by atoms with E-state index in [1.165, 1.54) is 32.7 Å². The Balaban J connectivity index is 1.71. The number of fused-ring (bicyclic) bond motifs is 2. The second-order valence-corrected chi connectivity index (χ2v) is 16.0. The first-order valence-electron chi connectivity index (χ1n) is 16.7. The van der Waals surface area contributed by atoms with Gasteiger partial charge in [-0.15, -0.1) is 0 Å². The number of benzene rings is 3. The van der Waals surface area contributed by atoms with Crippen molar-refractivity contribution in [2.45, 2.75) is 79.6 Å². The fourth-order valence-electron chi connectivity index (χ4n) is 5.98. The fraction of sp³-hybridized carbons (Fsp3) is 0.588. The standard InChI is InChI=1S/C34H56N2O6Si2/c1-7-37-43(38-8-2,39-9-3)25-17-23-35-27-33-29-19-13-15-21-31(29)34(32-22-16-14-20-30(32)33)28-36-24-18-26-44(40-10-4,41-11-5)42-12-6/h13-16,19-22,35-36H,7-12,17-18,23-28H2,1-6H3. The van der Waals surface area contributed by atoms with E-state index in [2.05, 4.69) is 59.2 Å². The zero-order valence-corrected chi connectivity index (χ0v) is 30.0. The van der Waals surface area contributed by atoms with E-state index in [4.69, 9.17) is 26.6 Å². The van der Waals surface area contributed by atoms with Crippen LogP contribution in [0.15, 0.2) is 48.5 Å². The van der Waals surface area contributed by atoms with Crippen LogP contribution in [-0.4, -0.2) is 70.3 Å². The highest BCUT2D eigenvalue weighted by Crippen LogP contribution is 2.33. The van der Waals surface area contributed by atoms with Gasteiger partial charge >= 0.3 is 17.6 Å². The summed E-state index contributed by atoms with van der Waals surface area (Å²) in [6, 6.07) is 19.2. The Bertz CT molecular complexity index is 1060. The molecule has 3 rings (SSSR count). The summed E-state index contributed by atoms with van der Waals surface area (Å²) < 4.78 is 36.3. The molecule has 44 heavy (non-hydrogen) atoms. The molecule has 0 aliphatic rings. The van der Waals surface area contributed by atoms with Crippen LogP contribution in [0.5, 0.6) is 0 Å². The van der Waals surface area contributed by atoms with Crippen molar-refractivity contribution < 1.29 is 26.6 Å². The molecule has 0 spiro atoms. The van der Waals surface area contributed by atoms with E-state index < -0.39 is 17.6 Å². The van der Waals surface area contributed by atoms with Gasteiger partial charge in [0.05, 0.1) is 0 Å². The summed E-state index contributed by atoms with van der Waals surface area (Å²) in [5.41, 5.74) is 2.67. The Morgan fingerprint density at radius 1 is 0.455 bits per heavy atom. The topological polar surface area (TPSA) is 79.4 Å². The quantitative estimate of drug-likeness (QED) is 0.0611. The molecule has 8 nitrogen and oxygen atoms in total. The number of nitrogens with one attached hydrogen (secondary N) is 2. The summed E-state index contributed by atoms with van der Waals surface area (Å²) in [4.78, 5) is 0. The largest absolute Gasteiger partial charge is 0.500 e. The summed E-state index contributed by atoms with van der Waals surface area (Å²) in [5.74, 6) is 0. The number of rotatable bonds is 24. The molecule has 0 atom stereocenters. The Labute approximate surface area is 267 Å². The van der Waals surface area contributed by atoms with Gasteiger partial charge in [-0.3, -0.25) is 0 Å². The Kier molecular flexibility index (Phi) is 16.5. The second kappa shape index (κ2) is 19.7. The lowest BCUT2D eigenvalue weighted by atomic mass is 9.91. The van der Waals surface area contributed by atoms with Crippen LogP contribution in [0.25, 0.3) is 21.5 Å². The molecular formula is C34H56N2O6Si2. The number of hydrogen-bond donors (Lipinski definition) is 2. The lowest BCUT2D eigenvalue weighted by Crippen LogP contribution is -2.46. The maximum Gasteiger partial charge on any atom is 0.500 e. The highest BCUT2D eigenvalue weighted by atomic mass is 28.4. The third-order valence-corrected chi connectivity index (χ3v) is 13.9. The summed E-state index contributed by atoms with van der Waals surface area (Å²) in [6.07, 6.45) is 1.87. The number of hydrogen-bond acceptors (Lipinski definition) is 8. The molecule has 0 saturated heterocycles. The minimum atomic E-state index is -2.63. The van der Waals surface area contributed by atoms with Crippen molar-refractivity contribution in [1.29, 1.82) is 0 Å². The Hall–Kier alpha value is -1.71. The zero-order chi connectivity index (χ0) is 31.7. The molecule has 10 heteroatoms. The van der Waals surface area contributed by atoms with E-state index in [1.54, 1.807) is 0 Å². The van der Waals surface area contributed by atoms with Gasteiger partial charge in [-0.25, -0.2) is 0 Å². The third kappa shape index (κ3) is 10.1. The molecule has 3 aromatic rings. The molecule has 0 aliphatic heterocycles. The van der Waals surface area contributed by atoms with Crippen LogP contribution >= 0.6 is 0 Å². The third-order valence-electron chi connectivity index (χ3n) is 7.62. The van der Waals surface area contributed by atoms with E-state index in [0.717, 1.165) is 51.1 Å². The lowest BCUT2D eigenvalue weighted by molar-refractivity contribution is 0.0700. The Morgan fingerprint density at radius 2 is 0.727 bits per heavy atom. The average Bonchev–Trinajstić information content (AvgIpc) is 3.02. The van der Waals surface area contributed by atoms with Crippen LogP contribution in [0.4, 0.5) is 0 Å². The maximum absolute atomic E-state index is 6.04. The monoisotopic (exact) mass is 644 g/mol. The van der Waals surface area contributed by atoms with Gasteiger partial charge in [0, 0.05) is 64.8 Å². The van der Waals surface area contributed by atoms with Crippen molar-refractivity contribution in [2.24, 2.45) is 0 Å². The van der Waals surface area contributed by atoms with Crippen LogP contribution < -0.4 is 10.6 Å². The summed E-state index contributed by atoms with van der Waals surface area (Å²) in [7, 11) is -5.26. The summed E-state index contributed by atoms with van der Waals surface area (Å²) in [5, 5.41) is 12.6. The smallest absolute Gasteiger partial charge is 0.374 e. The van der Waals surface area contributed by atoms with Crippen LogP contribution in [0.2, 0.25) is 12.1 Å². The molecule has 0 saturated carbocycles. The van der Waals surface area contributed by atoms with Gasteiger partial charge in [0.15, 0.2) is 0 Å². The zero-order valence-electron chi connectivity index (χ0n) is 28.0. The first-order valence-corrected chi connectivity index (χ1v) is 20.5. The van der Waals surface area contributed by atoms with Crippen LogP contribution in [0, 0.1) is 0 Å². The average molecular weight is 645 g/mol. The minimum Gasteiger partial charge on any atom is -0.374 e. The van der Waals surface area contributed by atoms with Gasteiger partial charge in [-0.2, -0.15) is 0 Å². The molecule has 3 aromatic carbocycles. The van der Waals surface area contributed by atoms with E-state index in [-0.39, 0.29) is 0 Å². The van der Waals surface area contributed by atoms with Crippen molar-refractivity contribution in [2.75, 3.05) is 52.7 Å². The van der Waals surface area contributed by atoms with Crippen LogP contribution in [0.1, 0.15) is 65.5 Å². The fourth-order valence-corrected chi connectivity index (χ4v) is 11.2. The van der Waals surface area contributed by atoms with Crippen molar-refractivity contribution in [3.8, 4) is 0 Å². The molecular weight excluding hydrogens is 589 g/mol. The van der Waals surface area contributed by atoms with Crippen molar-refractivity contribution in [1.82, 2.24) is 10.6 Å². The molecule has 0 aromatic heterocycles. The van der Waals surface area contributed by atoms with Crippen molar-refractivity contribution in [3.05, 3.63) is 59.7 Å². The first-order chi connectivity index (χ1) is 21.5. The van der Waals surface area contributed by atoms with Gasteiger partial charge < -0.3 is 37.2 Å². The molecule has 0 bridgehead atoms. The maximum atomic E-state index is 6.04. The van der Waals surface area contributed by atoms with E-state index >= 15 is 0 Å². The summed E-state index contributed by atoms with van der Waals surface area (Å²) >= 11 is 0. The highest BCUT2D eigenvalue weighted by Gasteiger charge is 2.40. The SMILES string of the molecule is CCO[Si](CCCNCc1c2ccccc2c(CNCCC[Si](OCC)(OCC)OCC)c2ccccc12)(OCC)OCC. The predicted molar refractivity (Wildman–Crippen MR) is 185 cm³/mol. The molecule has 0 unspecified atom stereocenters. The molecule has 0 fully saturated rings. The molecule has 0 radical (unpaired) electrons. The summed E-state index contributed by atoms with van der Waals surface area (Å²) in [6.45, 7) is 19.0. The van der Waals surface area contributed by atoms with Gasteiger partial charge in [0.25, 0.3) is 0 Å². The highest BCUT2D eigenvalue weighted by molar-refractivity contribution is 6.61. The molecule has 2 N–H and O–H groups in total.